The van der Waals surface area contributed by atoms with E-state index in [1.54, 1.807) is 18.2 Å². The number of hydrogen-bond donors (Lipinski definition) is 2. The van der Waals surface area contributed by atoms with Gasteiger partial charge < -0.3 is 4.74 Å². The molecule has 3 aromatic carbocycles. The molecule has 0 heterocycles. The van der Waals surface area contributed by atoms with Gasteiger partial charge in [-0.2, -0.15) is 0 Å². The standard InChI is InChI=1S/C21H18Cl2N2O6S2/c1-31-21(26)20-5-3-2-4-14(20)13-24-32(27,28)18-8-6-17(7-9-18)25-33(29,30)19-11-15(22)10-16(23)12-19/h2-12,24-25H,13H2,1H3. The van der Waals surface area contributed by atoms with Gasteiger partial charge in [0.15, 0.2) is 0 Å². The molecule has 0 fully saturated rings. The van der Waals surface area contributed by atoms with Crippen molar-refractivity contribution < 1.29 is 26.4 Å². The average molecular weight is 529 g/mol. The zero-order valence-electron chi connectivity index (χ0n) is 17.1. The molecule has 3 rings (SSSR count). The molecular formula is C21H18Cl2N2O6S2. The molecule has 0 spiro atoms. The Hall–Kier alpha value is -2.63. The quantitative estimate of drug-likeness (QED) is 0.425. The maximum Gasteiger partial charge on any atom is 0.338 e. The molecule has 174 valence electrons. The number of ether oxygens (including phenoxy) is 1. The lowest BCUT2D eigenvalue weighted by atomic mass is 10.1. The summed E-state index contributed by atoms with van der Waals surface area (Å²) in [4.78, 5) is 11.6. The van der Waals surface area contributed by atoms with Crippen LogP contribution in [0.1, 0.15) is 15.9 Å². The lowest BCUT2D eigenvalue weighted by Gasteiger charge is -2.11. The highest BCUT2D eigenvalue weighted by Crippen LogP contribution is 2.25. The summed E-state index contributed by atoms with van der Waals surface area (Å²) >= 11 is 11.7. The second kappa shape index (κ2) is 10.1. The van der Waals surface area contributed by atoms with Crippen LogP contribution in [-0.4, -0.2) is 29.9 Å². The highest BCUT2D eigenvalue weighted by molar-refractivity contribution is 7.92. The van der Waals surface area contributed by atoms with Gasteiger partial charge in [0.05, 0.1) is 22.5 Å². The van der Waals surface area contributed by atoms with E-state index in [4.69, 9.17) is 27.9 Å². The molecule has 0 amide bonds. The first-order valence-electron chi connectivity index (χ1n) is 9.27. The molecule has 0 radical (unpaired) electrons. The Morgan fingerprint density at radius 1 is 0.848 bits per heavy atom. The number of hydrogen-bond acceptors (Lipinski definition) is 6. The molecular weight excluding hydrogens is 511 g/mol. The van der Waals surface area contributed by atoms with E-state index in [0.29, 0.717) is 5.56 Å². The molecule has 0 saturated heterocycles. The highest BCUT2D eigenvalue weighted by atomic mass is 35.5. The zero-order valence-corrected chi connectivity index (χ0v) is 20.2. The van der Waals surface area contributed by atoms with Gasteiger partial charge in [-0.15, -0.1) is 0 Å². The predicted molar refractivity (Wildman–Crippen MR) is 126 cm³/mol. The largest absolute Gasteiger partial charge is 0.465 e. The summed E-state index contributed by atoms with van der Waals surface area (Å²) in [6.07, 6.45) is 0. The fourth-order valence-electron chi connectivity index (χ4n) is 2.84. The fraction of sp³-hybridized carbons (Fsp3) is 0.0952. The van der Waals surface area contributed by atoms with Gasteiger partial charge in [-0.05, 0) is 54.1 Å². The van der Waals surface area contributed by atoms with E-state index in [1.165, 1.54) is 55.6 Å². The summed E-state index contributed by atoms with van der Waals surface area (Å²) in [7, 11) is -6.71. The first-order valence-corrected chi connectivity index (χ1v) is 13.0. The highest BCUT2D eigenvalue weighted by Gasteiger charge is 2.19. The second-order valence-corrected chi connectivity index (χ2v) is 11.0. The Morgan fingerprint density at radius 2 is 1.45 bits per heavy atom. The van der Waals surface area contributed by atoms with Crippen molar-refractivity contribution in [3.8, 4) is 0 Å². The Bertz CT molecular complexity index is 1370. The van der Waals surface area contributed by atoms with Crippen LogP contribution >= 0.6 is 23.2 Å². The molecule has 33 heavy (non-hydrogen) atoms. The normalized spacial score (nSPS) is 11.7. The van der Waals surface area contributed by atoms with Gasteiger partial charge in [0.25, 0.3) is 10.0 Å². The molecule has 0 saturated carbocycles. The summed E-state index contributed by atoms with van der Waals surface area (Å²) in [6.45, 7) is -0.141. The SMILES string of the molecule is COC(=O)c1ccccc1CNS(=O)(=O)c1ccc(NS(=O)(=O)c2cc(Cl)cc(Cl)c2)cc1. The first kappa shape index (κ1) is 25.0. The molecule has 0 unspecified atom stereocenters. The van der Waals surface area contributed by atoms with Crippen molar-refractivity contribution in [2.45, 2.75) is 16.3 Å². The Balaban J connectivity index is 1.75. The van der Waals surface area contributed by atoms with Crippen LogP contribution in [0.25, 0.3) is 0 Å². The number of benzene rings is 3. The van der Waals surface area contributed by atoms with Crippen molar-refractivity contribution in [3.63, 3.8) is 0 Å². The first-order chi connectivity index (χ1) is 15.5. The molecule has 0 aromatic heterocycles. The van der Waals surface area contributed by atoms with Gasteiger partial charge in [0, 0.05) is 22.3 Å². The smallest absolute Gasteiger partial charge is 0.338 e. The number of rotatable bonds is 8. The number of nitrogens with one attached hydrogen (secondary N) is 2. The second-order valence-electron chi connectivity index (χ2n) is 6.71. The fourth-order valence-corrected chi connectivity index (χ4v) is 5.63. The van der Waals surface area contributed by atoms with Gasteiger partial charge >= 0.3 is 5.97 Å². The number of carbonyl (C=O) groups excluding carboxylic acids is 1. The molecule has 12 heteroatoms. The van der Waals surface area contributed by atoms with Crippen molar-refractivity contribution in [1.29, 1.82) is 0 Å². The maximum absolute atomic E-state index is 12.7. The number of anilines is 1. The molecule has 8 nitrogen and oxygen atoms in total. The number of carbonyl (C=O) groups is 1. The Kier molecular flexibility index (Phi) is 7.65. The van der Waals surface area contributed by atoms with Crippen LogP contribution in [0.15, 0.2) is 76.5 Å². The number of methoxy groups -OCH3 is 1. The van der Waals surface area contributed by atoms with Crippen molar-refractivity contribution in [2.24, 2.45) is 0 Å². The number of halogens is 2. The third-order valence-electron chi connectivity index (χ3n) is 4.44. The summed E-state index contributed by atoms with van der Waals surface area (Å²) < 4.78 is 59.9. The van der Waals surface area contributed by atoms with E-state index < -0.39 is 26.0 Å². The van der Waals surface area contributed by atoms with Crippen LogP contribution in [-0.2, 0) is 31.3 Å². The minimum absolute atomic E-state index is 0.0909. The molecule has 3 aromatic rings. The lowest BCUT2D eigenvalue weighted by Crippen LogP contribution is -2.24. The van der Waals surface area contributed by atoms with Crippen LogP contribution in [0.4, 0.5) is 5.69 Å². The van der Waals surface area contributed by atoms with Crippen LogP contribution < -0.4 is 9.44 Å². The van der Waals surface area contributed by atoms with E-state index in [2.05, 4.69) is 9.44 Å². The van der Waals surface area contributed by atoms with Crippen LogP contribution in [0, 0.1) is 0 Å². The summed E-state index contributed by atoms with van der Waals surface area (Å²) in [5.41, 5.74) is 0.826. The molecule has 2 N–H and O–H groups in total. The van der Waals surface area contributed by atoms with E-state index in [0.717, 1.165) is 0 Å². The van der Waals surface area contributed by atoms with Crippen LogP contribution in [0.3, 0.4) is 0 Å². The summed E-state index contributed by atoms with van der Waals surface area (Å²) in [6, 6.07) is 15.4. The van der Waals surface area contributed by atoms with Crippen LogP contribution in [0.2, 0.25) is 10.0 Å². The number of esters is 1. The molecule has 0 aliphatic heterocycles. The average Bonchev–Trinajstić information content (AvgIpc) is 2.77. The van der Waals surface area contributed by atoms with Gasteiger partial charge in [-0.1, -0.05) is 41.4 Å². The summed E-state index contributed by atoms with van der Waals surface area (Å²) in [5, 5.41) is 0.313. The number of sulfonamides is 2. The van der Waals surface area contributed by atoms with E-state index in [-0.39, 0.29) is 37.6 Å². The van der Waals surface area contributed by atoms with Crippen molar-refractivity contribution in [3.05, 3.63) is 87.9 Å². The third-order valence-corrected chi connectivity index (χ3v) is 7.65. The third kappa shape index (κ3) is 6.24. The van der Waals surface area contributed by atoms with Gasteiger partial charge in [0.1, 0.15) is 0 Å². The van der Waals surface area contributed by atoms with Crippen LogP contribution in [0.5, 0.6) is 0 Å². The van der Waals surface area contributed by atoms with Gasteiger partial charge in [0.2, 0.25) is 10.0 Å². The maximum atomic E-state index is 12.7. The van der Waals surface area contributed by atoms with E-state index in [9.17, 15) is 21.6 Å². The minimum atomic E-state index is -4.00. The molecule has 0 aliphatic carbocycles. The zero-order chi connectivity index (χ0) is 24.2. The molecule has 0 aliphatic rings. The van der Waals surface area contributed by atoms with Crippen molar-refractivity contribution in [1.82, 2.24) is 4.72 Å². The van der Waals surface area contributed by atoms with Gasteiger partial charge in [-0.3, -0.25) is 4.72 Å². The Morgan fingerprint density at radius 3 is 2.06 bits per heavy atom. The van der Waals surface area contributed by atoms with Gasteiger partial charge in [-0.25, -0.2) is 26.4 Å². The minimum Gasteiger partial charge on any atom is -0.465 e. The molecule has 0 bridgehead atoms. The Labute approximate surface area is 201 Å². The van der Waals surface area contributed by atoms with Crippen molar-refractivity contribution in [2.75, 3.05) is 11.8 Å². The van der Waals surface area contributed by atoms with Crippen molar-refractivity contribution >= 4 is 54.9 Å². The summed E-state index contributed by atoms with van der Waals surface area (Å²) in [5.74, 6) is -0.581. The van der Waals surface area contributed by atoms with E-state index in [1.807, 2.05) is 0 Å². The van der Waals surface area contributed by atoms with E-state index >= 15 is 0 Å². The molecule has 0 atom stereocenters. The monoisotopic (exact) mass is 528 g/mol. The predicted octanol–water partition coefficient (Wildman–Crippen LogP) is 4.06. The topological polar surface area (TPSA) is 119 Å². The lowest BCUT2D eigenvalue weighted by molar-refractivity contribution is 0.0599.